The van der Waals surface area contributed by atoms with E-state index in [2.05, 4.69) is 29.1 Å². The second-order valence-corrected chi connectivity index (χ2v) is 8.70. The first-order chi connectivity index (χ1) is 18.5. The molecule has 0 spiro atoms. The lowest BCUT2D eigenvalue weighted by molar-refractivity contribution is 0.302. The fraction of sp³-hybridized carbons (Fsp3) is 0.207. The zero-order valence-corrected chi connectivity index (χ0v) is 21.2. The molecule has 2 heterocycles. The van der Waals surface area contributed by atoms with Crippen LogP contribution in [-0.4, -0.2) is 33.2 Å². The Morgan fingerprint density at radius 3 is 2.55 bits per heavy atom. The third-order valence-corrected chi connectivity index (χ3v) is 6.12. The van der Waals surface area contributed by atoms with Gasteiger partial charge < -0.3 is 23.9 Å². The molecular weight excluding hydrogens is 484 g/mol. The summed E-state index contributed by atoms with van der Waals surface area (Å²) < 4.78 is 18.8. The molecule has 0 aliphatic heterocycles. The van der Waals surface area contributed by atoms with Crippen molar-refractivity contribution in [3.63, 3.8) is 0 Å². The molecule has 0 aliphatic rings. The van der Waals surface area contributed by atoms with E-state index in [-0.39, 0.29) is 12.4 Å². The number of benzene rings is 3. The predicted octanol–water partition coefficient (Wildman–Crippen LogP) is 5.36. The third-order valence-electron chi connectivity index (χ3n) is 6.12. The largest absolute Gasteiger partial charge is 0.504 e. The number of aromatic hydroxyl groups is 1. The minimum absolute atomic E-state index is 0.0361. The highest BCUT2D eigenvalue weighted by Crippen LogP contribution is 2.32. The van der Waals surface area contributed by atoms with E-state index in [1.54, 1.807) is 23.0 Å². The van der Waals surface area contributed by atoms with E-state index in [0.717, 1.165) is 24.3 Å². The normalized spacial score (nSPS) is 11.0. The number of ether oxygens (including phenoxy) is 2. The molecule has 3 aromatic carbocycles. The highest BCUT2D eigenvalue weighted by Gasteiger charge is 2.12. The highest BCUT2D eigenvalue weighted by molar-refractivity contribution is 5.86. The molecule has 9 nitrogen and oxygen atoms in total. The molecule has 0 amide bonds. The first-order valence-corrected chi connectivity index (χ1v) is 12.4. The van der Waals surface area contributed by atoms with Gasteiger partial charge in [0.05, 0.1) is 24.2 Å². The van der Waals surface area contributed by atoms with Gasteiger partial charge in [-0.15, -0.1) is 5.10 Å². The van der Waals surface area contributed by atoms with Crippen LogP contribution in [-0.2, 0) is 13.2 Å². The minimum Gasteiger partial charge on any atom is -0.504 e. The minimum atomic E-state index is -0.479. The van der Waals surface area contributed by atoms with E-state index in [4.69, 9.17) is 13.9 Å². The molecule has 0 fully saturated rings. The number of phenolic OH excluding ortho intramolecular Hbond substituents is 1. The van der Waals surface area contributed by atoms with Crippen molar-refractivity contribution >= 4 is 16.7 Å². The first kappa shape index (κ1) is 24.9. The molecule has 0 atom stereocenters. The van der Waals surface area contributed by atoms with Crippen LogP contribution < -0.4 is 20.0 Å². The van der Waals surface area contributed by atoms with E-state index in [1.165, 1.54) is 6.07 Å². The maximum absolute atomic E-state index is 12.2. The van der Waals surface area contributed by atoms with Gasteiger partial charge in [0, 0.05) is 24.8 Å². The van der Waals surface area contributed by atoms with Crippen LogP contribution in [0.15, 0.2) is 88.2 Å². The average molecular weight is 513 g/mol. The van der Waals surface area contributed by atoms with Crippen molar-refractivity contribution < 1.29 is 19.0 Å². The van der Waals surface area contributed by atoms with Gasteiger partial charge >= 0.3 is 5.63 Å². The Bertz CT molecular complexity index is 1590. The number of aromatic nitrogens is 3. The average Bonchev–Trinajstić information content (AvgIpc) is 3.37. The molecule has 38 heavy (non-hydrogen) atoms. The van der Waals surface area contributed by atoms with Gasteiger partial charge in [-0.3, -0.25) is 0 Å². The Labute approximate surface area is 219 Å². The molecule has 5 rings (SSSR count). The fourth-order valence-corrected chi connectivity index (χ4v) is 4.21. The van der Waals surface area contributed by atoms with Crippen molar-refractivity contribution in [3.8, 4) is 23.0 Å². The maximum atomic E-state index is 12.2. The first-order valence-electron chi connectivity index (χ1n) is 12.4. The second kappa shape index (κ2) is 11.1. The monoisotopic (exact) mass is 512 g/mol. The van der Waals surface area contributed by atoms with E-state index in [0.29, 0.717) is 40.5 Å². The molecule has 0 saturated heterocycles. The Morgan fingerprint density at radius 1 is 0.974 bits per heavy atom. The van der Waals surface area contributed by atoms with Crippen molar-refractivity contribution in [1.82, 2.24) is 15.0 Å². The molecule has 0 radical (unpaired) electrons. The van der Waals surface area contributed by atoms with E-state index >= 15 is 0 Å². The Kier molecular flexibility index (Phi) is 7.26. The fourth-order valence-electron chi connectivity index (χ4n) is 4.21. The molecule has 0 unspecified atom stereocenters. The standard InChI is InChI=1S/C29H28N4O5/c1-3-32(4-2)22-11-12-24-27(16-29(35)38-28(24)15-22)36-19-21-18-33(31-30-21)17-20-10-13-26(25(34)14-20)37-23-8-6-5-7-9-23/h5-16,18,34H,3-4,17,19H2,1-2H3. The predicted molar refractivity (Wildman–Crippen MR) is 144 cm³/mol. The molecule has 5 aromatic rings. The number of hydrogen-bond donors (Lipinski definition) is 1. The SMILES string of the molecule is CCN(CC)c1ccc2c(OCc3cn(Cc4ccc(Oc5ccccc5)c(O)c4)nn3)cc(=O)oc2c1. The van der Waals surface area contributed by atoms with Gasteiger partial charge in [-0.25, -0.2) is 9.48 Å². The second-order valence-electron chi connectivity index (χ2n) is 8.70. The van der Waals surface area contributed by atoms with Crippen molar-refractivity contribution in [2.45, 2.75) is 27.0 Å². The quantitative estimate of drug-likeness (QED) is 0.250. The van der Waals surface area contributed by atoms with Crippen LogP contribution in [0.25, 0.3) is 11.0 Å². The summed E-state index contributed by atoms with van der Waals surface area (Å²) in [5.41, 5.74) is 2.40. The summed E-state index contributed by atoms with van der Waals surface area (Å²) in [4.78, 5) is 14.4. The molecule has 1 N–H and O–H groups in total. The number of phenols is 1. The van der Waals surface area contributed by atoms with Gasteiger partial charge in [-0.05, 0) is 55.8 Å². The van der Waals surface area contributed by atoms with Gasteiger partial charge in [0.1, 0.15) is 29.4 Å². The zero-order chi connectivity index (χ0) is 26.5. The number of fused-ring (bicyclic) bond motifs is 1. The Hall–Kier alpha value is -4.79. The van der Waals surface area contributed by atoms with Crippen molar-refractivity contribution in [3.05, 3.63) is 101 Å². The third kappa shape index (κ3) is 5.62. The number of anilines is 1. The topological polar surface area (TPSA) is 103 Å². The number of rotatable bonds is 10. The summed E-state index contributed by atoms with van der Waals surface area (Å²) in [5.74, 6) is 1.48. The summed E-state index contributed by atoms with van der Waals surface area (Å²) in [6.07, 6.45) is 1.76. The molecule has 2 aromatic heterocycles. The van der Waals surface area contributed by atoms with Crippen LogP contribution >= 0.6 is 0 Å². The summed E-state index contributed by atoms with van der Waals surface area (Å²) in [5, 5.41) is 19.5. The van der Waals surface area contributed by atoms with Crippen LogP contribution in [0.1, 0.15) is 25.1 Å². The summed E-state index contributed by atoms with van der Waals surface area (Å²) in [7, 11) is 0. The smallest absolute Gasteiger partial charge is 0.339 e. The van der Waals surface area contributed by atoms with Crippen molar-refractivity contribution in [2.75, 3.05) is 18.0 Å². The molecule has 0 aliphatic carbocycles. The summed E-state index contributed by atoms with van der Waals surface area (Å²) in [6.45, 7) is 6.39. The molecule has 0 saturated carbocycles. The van der Waals surface area contributed by atoms with Gasteiger partial charge in [-0.2, -0.15) is 0 Å². The van der Waals surface area contributed by atoms with E-state index < -0.39 is 5.63 Å². The van der Waals surface area contributed by atoms with E-state index in [1.807, 2.05) is 54.6 Å². The van der Waals surface area contributed by atoms with Gasteiger partial charge in [-0.1, -0.05) is 29.5 Å². The number of hydrogen-bond acceptors (Lipinski definition) is 8. The molecule has 0 bridgehead atoms. The Balaban J connectivity index is 1.26. The van der Waals surface area contributed by atoms with Crippen molar-refractivity contribution in [1.29, 1.82) is 0 Å². The number of nitrogens with zero attached hydrogens (tertiary/aromatic N) is 4. The van der Waals surface area contributed by atoms with Gasteiger partial charge in [0.25, 0.3) is 0 Å². The van der Waals surface area contributed by atoms with E-state index in [9.17, 15) is 9.90 Å². The lowest BCUT2D eigenvalue weighted by Crippen LogP contribution is -2.21. The van der Waals surface area contributed by atoms with Crippen LogP contribution in [0, 0.1) is 0 Å². The zero-order valence-electron chi connectivity index (χ0n) is 21.2. The molecular formula is C29H28N4O5. The number of para-hydroxylation sites is 1. The Morgan fingerprint density at radius 2 is 1.79 bits per heavy atom. The van der Waals surface area contributed by atoms with Crippen LogP contribution in [0.3, 0.4) is 0 Å². The van der Waals surface area contributed by atoms with Crippen LogP contribution in [0.5, 0.6) is 23.0 Å². The van der Waals surface area contributed by atoms with Crippen molar-refractivity contribution in [2.24, 2.45) is 0 Å². The summed E-state index contributed by atoms with van der Waals surface area (Å²) in [6, 6.07) is 21.6. The summed E-state index contributed by atoms with van der Waals surface area (Å²) >= 11 is 0. The van der Waals surface area contributed by atoms with Gasteiger partial charge in [0.2, 0.25) is 0 Å². The molecule has 9 heteroatoms. The van der Waals surface area contributed by atoms with Crippen LogP contribution in [0.4, 0.5) is 5.69 Å². The molecule has 194 valence electrons. The lowest BCUT2D eigenvalue weighted by atomic mass is 10.2. The van der Waals surface area contributed by atoms with Crippen LogP contribution in [0.2, 0.25) is 0 Å². The van der Waals surface area contributed by atoms with Gasteiger partial charge in [0.15, 0.2) is 11.5 Å². The maximum Gasteiger partial charge on any atom is 0.339 e. The highest BCUT2D eigenvalue weighted by atomic mass is 16.5. The lowest BCUT2D eigenvalue weighted by Gasteiger charge is -2.21.